The van der Waals surface area contributed by atoms with Gasteiger partial charge in [0.15, 0.2) is 0 Å². The first-order valence-electron chi connectivity index (χ1n) is 8.01. The van der Waals surface area contributed by atoms with Crippen molar-refractivity contribution >= 4 is 28.1 Å². The van der Waals surface area contributed by atoms with Crippen molar-refractivity contribution in [3.63, 3.8) is 0 Å². The predicted octanol–water partition coefficient (Wildman–Crippen LogP) is 4.31. The van der Waals surface area contributed by atoms with Gasteiger partial charge < -0.3 is 9.88 Å². The molecule has 0 fully saturated rings. The summed E-state index contributed by atoms with van der Waals surface area (Å²) < 4.78 is 2.29. The maximum atomic E-state index is 12.4. The van der Waals surface area contributed by atoms with E-state index in [1.807, 2.05) is 18.2 Å². The molecule has 3 aromatic rings. The highest BCUT2D eigenvalue weighted by molar-refractivity contribution is 7.09. The lowest BCUT2D eigenvalue weighted by atomic mass is 10.1. The second-order valence-electron chi connectivity index (χ2n) is 5.77. The molecular formula is C19H22N2OS. The van der Waals surface area contributed by atoms with Crippen molar-refractivity contribution in [3.05, 3.63) is 57.4 Å². The summed E-state index contributed by atoms with van der Waals surface area (Å²) in [5.41, 5.74) is 4.48. The van der Waals surface area contributed by atoms with Crippen LogP contribution in [-0.2, 0) is 13.0 Å². The number of aromatic nitrogens is 1. The van der Waals surface area contributed by atoms with Crippen molar-refractivity contribution in [2.24, 2.45) is 0 Å². The van der Waals surface area contributed by atoms with E-state index in [0.29, 0.717) is 6.54 Å². The van der Waals surface area contributed by atoms with Gasteiger partial charge in [0.1, 0.15) is 0 Å². The average molecular weight is 326 g/mol. The Bertz CT molecular complexity index is 831. The minimum Gasteiger partial charge on any atom is -0.352 e. The molecule has 0 aliphatic rings. The summed E-state index contributed by atoms with van der Waals surface area (Å²) in [7, 11) is 0. The number of rotatable bonds is 5. The molecule has 0 aliphatic heterocycles. The number of benzene rings is 1. The van der Waals surface area contributed by atoms with Crippen LogP contribution < -0.4 is 5.32 Å². The summed E-state index contributed by atoms with van der Waals surface area (Å²) in [5, 5.41) is 6.26. The van der Waals surface area contributed by atoms with Crippen molar-refractivity contribution < 1.29 is 4.79 Å². The maximum absolute atomic E-state index is 12.4. The van der Waals surface area contributed by atoms with Crippen molar-refractivity contribution in [2.45, 2.75) is 33.7 Å². The van der Waals surface area contributed by atoms with Gasteiger partial charge in [-0.05, 0) is 62.4 Å². The Kier molecular flexibility index (Phi) is 4.53. The second-order valence-corrected chi connectivity index (χ2v) is 6.80. The molecule has 1 N–H and O–H groups in total. The standard InChI is InChI=1S/C19H22N2OS/c1-4-21-14(3)13(2)17-12-15(7-8-18(17)21)19(22)20-10-9-16-6-5-11-23-16/h5-8,11-12H,4,9-10H2,1-3H3,(H,20,22). The van der Waals surface area contributed by atoms with Gasteiger partial charge in [-0.2, -0.15) is 0 Å². The van der Waals surface area contributed by atoms with Crippen molar-refractivity contribution in [2.75, 3.05) is 6.54 Å². The molecule has 2 aromatic heterocycles. The Hall–Kier alpha value is -2.07. The highest BCUT2D eigenvalue weighted by Crippen LogP contribution is 2.26. The van der Waals surface area contributed by atoms with Gasteiger partial charge in [0.25, 0.3) is 5.91 Å². The van der Waals surface area contributed by atoms with Crippen LogP contribution in [0.4, 0.5) is 0 Å². The van der Waals surface area contributed by atoms with E-state index >= 15 is 0 Å². The summed E-state index contributed by atoms with van der Waals surface area (Å²) >= 11 is 1.73. The van der Waals surface area contributed by atoms with Gasteiger partial charge in [-0.15, -0.1) is 11.3 Å². The number of carbonyl (C=O) groups excluding carboxylic acids is 1. The number of thiophene rings is 1. The Balaban J connectivity index is 1.77. The average Bonchev–Trinajstić information content (AvgIpc) is 3.15. The van der Waals surface area contributed by atoms with Gasteiger partial charge in [0, 0.05) is 40.1 Å². The van der Waals surface area contributed by atoms with Crippen LogP contribution in [0.25, 0.3) is 10.9 Å². The van der Waals surface area contributed by atoms with E-state index in [1.165, 1.54) is 27.0 Å². The molecule has 0 atom stereocenters. The number of nitrogens with one attached hydrogen (secondary N) is 1. The van der Waals surface area contributed by atoms with E-state index in [0.717, 1.165) is 18.5 Å². The fourth-order valence-electron chi connectivity index (χ4n) is 3.05. The number of nitrogens with zero attached hydrogens (tertiary/aromatic N) is 1. The third-order valence-corrected chi connectivity index (χ3v) is 5.39. The smallest absolute Gasteiger partial charge is 0.251 e. The molecule has 4 heteroatoms. The molecule has 0 saturated heterocycles. The predicted molar refractivity (Wildman–Crippen MR) is 97.4 cm³/mol. The van der Waals surface area contributed by atoms with Crippen LogP contribution in [0, 0.1) is 13.8 Å². The lowest BCUT2D eigenvalue weighted by Crippen LogP contribution is -2.25. The highest BCUT2D eigenvalue weighted by Gasteiger charge is 2.13. The Morgan fingerprint density at radius 1 is 1.26 bits per heavy atom. The summed E-state index contributed by atoms with van der Waals surface area (Å²) in [6.45, 7) is 8.03. The van der Waals surface area contributed by atoms with Gasteiger partial charge in [0.05, 0.1) is 0 Å². The van der Waals surface area contributed by atoms with Crippen LogP contribution >= 0.6 is 11.3 Å². The summed E-state index contributed by atoms with van der Waals surface area (Å²) in [5.74, 6) is 0.00441. The van der Waals surface area contributed by atoms with Gasteiger partial charge in [-0.3, -0.25) is 4.79 Å². The lowest BCUT2D eigenvalue weighted by molar-refractivity contribution is 0.0954. The quantitative estimate of drug-likeness (QED) is 0.745. The minimum atomic E-state index is 0.00441. The molecule has 0 radical (unpaired) electrons. The normalized spacial score (nSPS) is 11.1. The second kappa shape index (κ2) is 6.59. The molecule has 2 heterocycles. The molecule has 1 amide bonds. The largest absolute Gasteiger partial charge is 0.352 e. The van der Waals surface area contributed by atoms with E-state index in [4.69, 9.17) is 0 Å². The molecule has 23 heavy (non-hydrogen) atoms. The topological polar surface area (TPSA) is 34.0 Å². The van der Waals surface area contributed by atoms with Gasteiger partial charge in [-0.1, -0.05) is 6.07 Å². The molecule has 1 aromatic carbocycles. The number of aryl methyl sites for hydroxylation is 2. The van der Waals surface area contributed by atoms with E-state index in [9.17, 15) is 4.79 Å². The van der Waals surface area contributed by atoms with Crippen LogP contribution in [-0.4, -0.2) is 17.0 Å². The third kappa shape index (κ3) is 3.04. The molecule has 0 spiro atoms. The Morgan fingerprint density at radius 2 is 2.09 bits per heavy atom. The molecule has 0 unspecified atom stereocenters. The Morgan fingerprint density at radius 3 is 2.78 bits per heavy atom. The molecule has 0 aliphatic carbocycles. The monoisotopic (exact) mass is 326 g/mol. The first-order valence-corrected chi connectivity index (χ1v) is 8.89. The van der Waals surface area contributed by atoms with Crippen molar-refractivity contribution in [3.8, 4) is 0 Å². The summed E-state index contributed by atoms with van der Waals surface area (Å²) in [6, 6.07) is 10.1. The lowest BCUT2D eigenvalue weighted by Gasteiger charge is -2.06. The van der Waals surface area contributed by atoms with Crippen molar-refractivity contribution in [1.29, 1.82) is 0 Å². The number of fused-ring (bicyclic) bond motifs is 1. The minimum absolute atomic E-state index is 0.00441. The SMILES string of the molecule is CCn1c(C)c(C)c2cc(C(=O)NCCc3cccs3)ccc21. The van der Waals surface area contributed by atoms with Gasteiger partial charge in [0.2, 0.25) is 0 Å². The molecule has 0 saturated carbocycles. The summed E-state index contributed by atoms with van der Waals surface area (Å²) in [6.07, 6.45) is 0.885. The fraction of sp³-hybridized carbons (Fsp3) is 0.316. The van der Waals surface area contributed by atoms with Crippen LogP contribution in [0.1, 0.15) is 33.4 Å². The first-order chi connectivity index (χ1) is 11.1. The number of hydrogen-bond donors (Lipinski definition) is 1. The van der Waals surface area contributed by atoms with E-state index in [-0.39, 0.29) is 5.91 Å². The molecular weight excluding hydrogens is 304 g/mol. The Labute approximate surface area is 140 Å². The van der Waals surface area contributed by atoms with Crippen LogP contribution in [0.15, 0.2) is 35.7 Å². The fourth-order valence-corrected chi connectivity index (χ4v) is 3.76. The molecule has 0 bridgehead atoms. The van der Waals surface area contributed by atoms with Crippen LogP contribution in [0.5, 0.6) is 0 Å². The molecule has 3 rings (SSSR count). The first kappa shape index (κ1) is 15.8. The highest BCUT2D eigenvalue weighted by atomic mass is 32.1. The molecule has 120 valence electrons. The number of carbonyl (C=O) groups is 1. The van der Waals surface area contributed by atoms with Crippen molar-refractivity contribution in [1.82, 2.24) is 9.88 Å². The summed E-state index contributed by atoms with van der Waals surface area (Å²) in [4.78, 5) is 13.7. The third-order valence-electron chi connectivity index (χ3n) is 4.45. The zero-order valence-corrected chi connectivity index (χ0v) is 14.7. The van der Waals surface area contributed by atoms with E-state index < -0.39 is 0 Å². The maximum Gasteiger partial charge on any atom is 0.251 e. The van der Waals surface area contributed by atoms with Crippen LogP contribution in [0.3, 0.4) is 0 Å². The molecule has 3 nitrogen and oxygen atoms in total. The zero-order valence-electron chi connectivity index (χ0n) is 13.8. The van der Waals surface area contributed by atoms with Crippen LogP contribution in [0.2, 0.25) is 0 Å². The zero-order chi connectivity index (χ0) is 16.4. The number of hydrogen-bond acceptors (Lipinski definition) is 2. The number of amides is 1. The van der Waals surface area contributed by atoms with Gasteiger partial charge >= 0.3 is 0 Å². The van der Waals surface area contributed by atoms with E-state index in [1.54, 1.807) is 11.3 Å². The van der Waals surface area contributed by atoms with E-state index in [2.05, 4.69) is 48.2 Å². The van der Waals surface area contributed by atoms with Gasteiger partial charge in [-0.25, -0.2) is 0 Å².